The van der Waals surface area contributed by atoms with Crippen LogP contribution in [0.5, 0.6) is 0 Å². The van der Waals surface area contributed by atoms with Crippen LogP contribution in [0.25, 0.3) is 10.4 Å². The van der Waals surface area contributed by atoms with Crippen LogP contribution in [0.1, 0.15) is 53.8 Å². The molecule has 1 aliphatic rings. The average Bonchev–Trinajstić information content (AvgIpc) is 2.68. The smallest absolute Gasteiger partial charge is 0.261 e. The molecule has 1 heterocycles. The summed E-state index contributed by atoms with van der Waals surface area (Å²) in [6, 6.07) is 6.88. The van der Waals surface area contributed by atoms with E-state index < -0.39 is 5.54 Å². The molecule has 0 N–H and O–H groups in total. The van der Waals surface area contributed by atoms with Gasteiger partial charge in [-0.3, -0.25) is 14.5 Å². The van der Waals surface area contributed by atoms with Gasteiger partial charge in [-0.2, -0.15) is 0 Å². The van der Waals surface area contributed by atoms with Gasteiger partial charge in [-0.05, 0) is 30.5 Å². The van der Waals surface area contributed by atoms with E-state index in [0.717, 1.165) is 12.8 Å². The summed E-state index contributed by atoms with van der Waals surface area (Å²) >= 11 is 0. The lowest BCUT2D eigenvalue weighted by molar-refractivity contribution is 0.0651. The number of nitrogens with zero attached hydrogens (tertiary/aromatic N) is 4. The van der Waals surface area contributed by atoms with Gasteiger partial charge in [0.05, 0.1) is 11.1 Å². The predicted molar refractivity (Wildman–Crippen MR) is 78.9 cm³/mol. The standard InChI is InChI=1S/C15H18N4O2/c1-15(2,17-18-16)9-5-6-10-19-13(20)11-7-3-4-8-12(11)14(19)21/h3-4,7-8H,5-6,9-10H2,1-2H3. The quantitative estimate of drug-likeness (QED) is 0.263. The number of azide groups is 1. The topological polar surface area (TPSA) is 86.1 Å². The van der Waals surface area contributed by atoms with Crippen LogP contribution < -0.4 is 0 Å². The van der Waals surface area contributed by atoms with E-state index in [1.165, 1.54) is 4.90 Å². The van der Waals surface area contributed by atoms with Gasteiger partial charge in [0.15, 0.2) is 0 Å². The highest BCUT2D eigenvalue weighted by molar-refractivity contribution is 6.21. The lowest BCUT2D eigenvalue weighted by Gasteiger charge is -2.18. The van der Waals surface area contributed by atoms with Gasteiger partial charge < -0.3 is 0 Å². The van der Waals surface area contributed by atoms with E-state index in [1.807, 2.05) is 13.8 Å². The highest BCUT2D eigenvalue weighted by Gasteiger charge is 2.34. The molecule has 1 aromatic rings. The fourth-order valence-corrected chi connectivity index (χ4v) is 2.44. The Balaban J connectivity index is 1.90. The summed E-state index contributed by atoms with van der Waals surface area (Å²) in [5.41, 5.74) is 8.99. The fourth-order valence-electron chi connectivity index (χ4n) is 2.44. The highest BCUT2D eigenvalue weighted by Crippen LogP contribution is 2.24. The Morgan fingerprint density at radius 1 is 1.14 bits per heavy atom. The van der Waals surface area contributed by atoms with Crippen LogP contribution in [0, 0.1) is 0 Å². The maximum absolute atomic E-state index is 12.1. The zero-order valence-corrected chi connectivity index (χ0v) is 12.2. The van der Waals surface area contributed by atoms with Crippen molar-refractivity contribution >= 4 is 11.8 Å². The van der Waals surface area contributed by atoms with Crippen LogP contribution in [0.15, 0.2) is 29.4 Å². The normalized spacial score (nSPS) is 14.1. The third-order valence-electron chi connectivity index (χ3n) is 3.61. The number of hydrogen-bond donors (Lipinski definition) is 0. The summed E-state index contributed by atoms with van der Waals surface area (Å²) in [7, 11) is 0. The number of carbonyl (C=O) groups excluding carboxylic acids is 2. The molecule has 110 valence electrons. The van der Waals surface area contributed by atoms with Crippen LogP contribution in [-0.2, 0) is 0 Å². The number of amides is 2. The molecule has 1 aliphatic heterocycles. The number of fused-ring (bicyclic) bond motifs is 1. The van der Waals surface area contributed by atoms with Crippen LogP contribution in [0.3, 0.4) is 0 Å². The Morgan fingerprint density at radius 2 is 1.71 bits per heavy atom. The van der Waals surface area contributed by atoms with Gasteiger partial charge in [0.25, 0.3) is 11.8 Å². The molecule has 0 atom stereocenters. The molecule has 21 heavy (non-hydrogen) atoms. The molecule has 1 aromatic carbocycles. The molecule has 6 heteroatoms. The third kappa shape index (κ3) is 3.23. The molecule has 0 aliphatic carbocycles. The number of rotatable bonds is 6. The maximum Gasteiger partial charge on any atom is 0.261 e. The van der Waals surface area contributed by atoms with Crippen molar-refractivity contribution < 1.29 is 9.59 Å². The number of hydrogen-bond acceptors (Lipinski definition) is 3. The second kappa shape index (κ2) is 5.97. The minimum Gasteiger partial charge on any atom is -0.274 e. The van der Waals surface area contributed by atoms with E-state index in [2.05, 4.69) is 10.0 Å². The SMILES string of the molecule is CC(C)(CCCCN1C(=O)c2ccccc2C1=O)N=[N+]=[N-]. The monoisotopic (exact) mass is 286 g/mol. The van der Waals surface area contributed by atoms with Crippen molar-refractivity contribution in [1.82, 2.24) is 4.90 Å². The van der Waals surface area contributed by atoms with Crippen molar-refractivity contribution in [1.29, 1.82) is 0 Å². The Kier molecular flexibility index (Phi) is 4.29. The van der Waals surface area contributed by atoms with Crippen molar-refractivity contribution in [2.75, 3.05) is 6.54 Å². The molecule has 2 amide bonds. The summed E-state index contributed by atoms with van der Waals surface area (Å²) in [6.07, 6.45) is 2.22. The first kappa shape index (κ1) is 15.1. The summed E-state index contributed by atoms with van der Waals surface area (Å²) in [5, 5.41) is 3.72. The molecule has 0 fully saturated rings. The molecule has 2 rings (SSSR count). The van der Waals surface area contributed by atoms with Gasteiger partial charge in [-0.25, -0.2) is 0 Å². The van der Waals surface area contributed by atoms with Gasteiger partial charge in [0.1, 0.15) is 0 Å². The molecule has 0 bridgehead atoms. The van der Waals surface area contributed by atoms with Gasteiger partial charge in [-0.15, -0.1) is 0 Å². The zero-order valence-electron chi connectivity index (χ0n) is 12.2. The van der Waals surface area contributed by atoms with Crippen molar-refractivity contribution in [2.24, 2.45) is 5.11 Å². The number of benzene rings is 1. The first-order valence-electron chi connectivity index (χ1n) is 6.98. The molecule has 0 radical (unpaired) electrons. The van der Waals surface area contributed by atoms with Crippen molar-refractivity contribution in [3.63, 3.8) is 0 Å². The number of imide groups is 1. The largest absolute Gasteiger partial charge is 0.274 e. The minimum absolute atomic E-state index is 0.218. The summed E-state index contributed by atoms with van der Waals surface area (Å²) in [5.74, 6) is -0.435. The third-order valence-corrected chi connectivity index (χ3v) is 3.61. The fraction of sp³-hybridized carbons (Fsp3) is 0.467. The minimum atomic E-state index is -0.434. The molecule has 6 nitrogen and oxygen atoms in total. The molecule has 0 saturated heterocycles. The number of carbonyl (C=O) groups is 2. The maximum atomic E-state index is 12.1. The average molecular weight is 286 g/mol. The Hall–Kier alpha value is -2.33. The zero-order chi connectivity index (χ0) is 15.5. The first-order valence-corrected chi connectivity index (χ1v) is 6.98. The van der Waals surface area contributed by atoms with Gasteiger partial charge in [0, 0.05) is 17.0 Å². The molecule has 0 saturated carbocycles. The van der Waals surface area contributed by atoms with E-state index in [0.29, 0.717) is 24.1 Å². The molecule has 0 aromatic heterocycles. The van der Waals surface area contributed by atoms with Crippen LogP contribution in [0.4, 0.5) is 0 Å². The van der Waals surface area contributed by atoms with E-state index in [1.54, 1.807) is 24.3 Å². The molecular weight excluding hydrogens is 268 g/mol. The highest BCUT2D eigenvalue weighted by atomic mass is 16.2. The van der Waals surface area contributed by atoms with Crippen LogP contribution in [0.2, 0.25) is 0 Å². The van der Waals surface area contributed by atoms with Gasteiger partial charge in [0.2, 0.25) is 0 Å². The van der Waals surface area contributed by atoms with Crippen LogP contribution >= 0.6 is 0 Å². The van der Waals surface area contributed by atoms with Crippen LogP contribution in [-0.4, -0.2) is 28.8 Å². The Labute approximate surface area is 123 Å². The van der Waals surface area contributed by atoms with Gasteiger partial charge in [-0.1, -0.05) is 37.5 Å². The Morgan fingerprint density at radius 3 is 2.24 bits per heavy atom. The summed E-state index contributed by atoms with van der Waals surface area (Å²) < 4.78 is 0. The predicted octanol–water partition coefficient (Wildman–Crippen LogP) is 3.54. The van der Waals surface area contributed by atoms with Crippen molar-refractivity contribution in [3.05, 3.63) is 45.8 Å². The molecular formula is C15H18N4O2. The molecule has 0 spiro atoms. The Bertz CT molecular complexity index is 583. The van der Waals surface area contributed by atoms with E-state index >= 15 is 0 Å². The molecule has 0 unspecified atom stereocenters. The van der Waals surface area contributed by atoms with Gasteiger partial charge >= 0.3 is 0 Å². The van der Waals surface area contributed by atoms with Crippen molar-refractivity contribution in [2.45, 2.75) is 38.6 Å². The van der Waals surface area contributed by atoms with E-state index in [-0.39, 0.29) is 11.8 Å². The van der Waals surface area contributed by atoms with E-state index in [9.17, 15) is 9.59 Å². The second-order valence-electron chi connectivity index (χ2n) is 5.77. The van der Waals surface area contributed by atoms with E-state index in [4.69, 9.17) is 5.53 Å². The summed E-state index contributed by atoms with van der Waals surface area (Å²) in [6.45, 7) is 4.14. The lowest BCUT2D eigenvalue weighted by atomic mass is 9.98. The summed E-state index contributed by atoms with van der Waals surface area (Å²) in [4.78, 5) is 28.4. The second-order valence-corrected chi connectivity index (χ2v) is 5.77. The lowest BCUT2D eigenvalue weighted by Crippen LogP contribution is -2.31. The van der Waals surface area contributed by atoms with Crippen molar-refractivity contribution in [3.8, 4) is 0 Å². The first-order chi connectivity index (χ1) is 9.96. The number of unbranched alkanes of at least 4 members (excludes halogenated alkanes) is 1.